The third kappa shape index (κ3) is 13.2. The fourth-order valence-electron chi connectivity index (χ4n) is 1.78. The van der Waals surface area contributed by atoms with Crippen LogP contribution in [-0.4, -0.2) is 13.1 Å². The van der Waals surface area contributed by atoms with Crippen molar-refractivity contribution in [3.05, 3.63) is 4.91 Å². The molecule has 0 aliphatic heterocycles. The Morgan fingerprint density at radius 3 is 1.38 bits per heavy atom. The second kappa shape index (κ2) is 14.2. The van der Waals surface area contributed by atoms with Gasteiger partial charge in [0.25, 0.3) is 0 Å². The van der Waals surface area contributed by atoms with E-state index in [4.69, 9.17) is 5.53 Å². The summed E-state index contributed by atoms with van der Waals surface area (Å²) in [5.74, 6) is 0. The summed E-state index contributed by atoms with van der Waals surface area (Å²) in [6.07, 6.45) is 12.2. The number of nitrogens with zero attached hydrogens (tertiary/aromatic N) is 2. The van der Waals surface area contributed by atoms with Crippen LogP contribution < -0.4 is 0 Å². The standard InChI is InChI=1S/C12H25N3O/c13-14-11-9-7-5-3-1-2-4-6-8-10-12-15-16/h13H,1-12H2. The average Bonchev–Trinajstić information content (AvgIpc) is 2.31. The predicted octanol–water partition coefficient (Wildman–Crippen LogP) is 4.68. The molecule has 0 aromatic heterocycles. The van der Waals surface area contributed by atoms with E-state index in [1.807, 2.05) is 0 Å². The third-order valence-corrected chi connectivity index (χ3v) is 2.77. The Kier molecular flexibility index (Phi) is 13.5. The Morgan fingerprint density at radius 1 is 0.625 bits per heavy atom. The molecule has 94 valence electrons. The lowest BCUT2D eigenvalue weighted by Crippen LogP contribution is -1.84. The second-order valence-electron chi connectivity index (χ2n) is 4.27. The number of rotatable bonds is 13. The van der Waals surface area contributed by atoms with Gasteiger partial charge in [-0.2, -0.15) is 10.0 Å². The lowest BCUT2D eigenvalue weighted by molar-refractivity contribution is 0.552. The van der Waals surface area contributed by atoms with Crippen molar-refractivity contribution in [2.45, 2.75) is 64.2 Å². The molecule has 1 N–H and O–H groups in total. The van der Waals surface area contributed by atoms with Crippen molar-refractivity contribution in [2.75, 3.05) is 13.1 Å². The normalized spacial score (nSPS) is 10.2. The summed E-state index contributed by atoms with van der Waals surface area (Å²) in [7, 11) is 0. The molecule has 0 heterocycles. The Bertz CT molecular complexity index is 144. The van der Waals surface area contributed by atoms with Crippen LogP contribution in [0.1, 0.15) is 64.2 Å². The SMILES string of the molecule is N=NCCCCCCCCCCCCN=O. The van der Waals surface area contributed by atoms with Gasteiger partial charge in [0, 0.05) is 0 Å². The van der Waals surface area contributed by atoms with Gasteiger partial charge in [-0.1, -0.05) is 56.5 Å². The monoisotopic (exact) mass is 227 g/mol. The first-order valence-electron chi connectivity index (χ1n) is 6.54. The molecular weight excluding hydrogens is 202 g/mol. The summed E-state index contributed by atoms with van der Waals surface area (Å²) in [5.41, 5.74) is 6.64. The molecule has 0 saturated heterocycles. The van der Waals surface area contributed by atoms with Crippen molar-refractivity contribution in [3.63, 3.8) is 0 Å². The van der Waals surface area contributed by atoms with Gasteiger partial charge in [0.2, 0.25) is 0 Å². The molecular formula is C12H25N3O. The molecule has 0 atom stereocenters. The van der Waals surface area contributed by atoms with Gasteiger partial charge >= 0.3 is 0 Å². The van der Waals surface area contributed by atoms with Crippen molar-refractivity contribution < 1.29 is 0 Å². The van der Waals surface area contributed by atoms with E-state index in [-0.39, 0.29) is 0 Å². The van der Waals surface area contributed by atoms with E-state index in [9.17, 15) is 4.91 Å². The maximum atomic E-state index is 9.82. The molecule has 0 fully saturated rings. The number of unbranched alkanes of at least 4 members (excludes halogenated alkanes) is 9. The molecule has 4 heteroatoms. The molecule has 4 nitrogen and oxygen atoms in total. The fraction of sp³-hybridized carbons (Fsp3) is 1.00. The third-order valence-electron chi connectivity index (χ3n) is 2.77. The fourth-order valence-corrected chi connectivity index (χ4v) is 1.78. The highest BCUT2D eigenvalue weighted by atomic mass is 16.3. The van der Waals surface area contributed by atoms with Crippen LogP contribution in [0.2, 0.25) is 0 Å². The summed E-state index contributed by atoms with van der Waals surface area (Å²) in [6.45, 7) is 1.19. The highest BCUT2D eigenvalue weighted by Crippen LogP contribution is 2.10. The maximum Gasteiger partial charge on any atom is 0.0811 e. The van der Waals surface area contributed by atoms with Crippen LogP contribution in [0.5, 0.6) is 0 Å². The van der Waals surface area contributed by atoms with Crippen molar-refractivity contribution in [3.8, 4) is 0 Å². The van der Waals surface area contributed by atoms with Crippen molar-refractivity contribution in [1.82, 2.24) is 0 Å². The van der Waals surface area contributed by atoms with Crippen LogP contribution in [-0.2, 0) is 0 Å². The first kappa shape index (κ1) is 15.2. The first-order chi connectivity index (χ1) is 7.91. The molecule has 0 spiro atoms. The molecule has 0 aromatic carbocycles. The molecule has 0 aromatic rings. The van der Waals surface area contributed by atoms with Crippen molar-refractivity contribution in [1.29, 1.82) is 5.53 Å². The van der Waals surface area contributed by atoms with Gasteiger partial charge in [-0.15, -0.1) is 0 Å². The van der Waals surface area contributed by atoms with Crippen LogP contribution in [0.25, 0.3) is 0 Å². The van der Waals surface area contributed by atoms with Crippen LogP contribution in [0.3, 0.4) is 0 Å². The summed E-state index contributed by atoms with van der Waals surface area (Å²) in [4.78, 5) is 9.82. The topological polar surface area (TPSA) is 65.6 Å². The van der Waals surface area contributed by atoms with Crippen LogP contribution in [0.4, 0.5) is 0 Å². The lowest BCUT2D eigenvalue weighted by atomic mass is 10.1. The molecule has 0 rings (SSSR count). The van der Waals surface area contributed by atoms with Crippen LogP contribution in [0, 0.1) is 10.4 Å². The Hall–Kier alpha value is -0.800. The van der Waals surface area contributed by atoms with Crippen molar-refractivity contribution >= 4 is 0 Å². The van der Waals surface area contributed by atoms with E-state index < -0.39 is 0 Å². The van der Waals surface area contributed by atoms with Crippen LogP contribution >= 0.6 is 0 Å². The zero-order chi connectivity index (χ0) is 11.9. The second-order valence-corrected chi connectivity index (χ2v) is 4.27. The van der Waals surface area contributed by atoms with Gasteiger partial charge in [0.15, 0.2) is 0 Å². The number of nitrogens with one attached hydrogen (secondary N) is 1. The molecule has 16 heavy (non-hydrogen) atoms. The van der Waals surface area contributed by atoms with E-state index in [1.54, 1.807) is 0 Å². The summed E-state index contributed by atoms with van der Waals surface area (Å²) in [5, 5.41) is 6.19. The molecule has 0 bridgehead atoms. The average molecular weight is 227 g/mol. The lowest BCUT2D eigenvalue weighted by Gasteiger charge is -2.01. The minimum atomic E-state index is 0.487. The number of hydrogen-bond donors (Lipinski definition) is 1. The smallest absolute Gasteiger partial charge is 0.0811 e. The minimum Gasteiger partial charge on any atom is -0.210 e. The van der Waals surface area contributed by atoms with Gasteiger partial charge in [0.1, 0.15) is 0 Å². The molecule has 0 amide bonds. The van der Waals surface area contributed by atoms with Gasteiger partial charge in [-0.25, -0.2) is 5.53 Å². The largest absolute Gasteiger partial charge is 0.210 e. The zero-order valence-electron chi connectivity index (χ0n) is 10.3. The van der Waals surface area contributed by atoms with E-state index in [2.05, 4.69) is 10.3 Å². The first-order valence-corrected chi connectivity index (χ1v) is 6.54. The molecule has 0 unspecified atom stereocenters. The number of hydrogen-bond acceptors (Lipinski definition) is 4. The van der Waals surface area contributed by atoms with Crippen molar-refractivity contribution in [2.24, 2.45) is 10.3 Å². The van der Waals surface area contributed by atoms with Crippen LogP contribution in [0.15, 0.2) is 10.3 Å². The van der Waals surface area contributed by atoms with E-state index in [0.29, 0.717) is 13.1 Å². The molecule has 0 saturated carbocycles. The van der Waals surface area contributed by atoms with E-state index in [0.717, 1.165) is 19.3 Å². The predicted molar refractivity (Wildman–Crippen MR) is 66.8 cm³/mol. The quantitative estimate of drug-likeness (QED) is 0.277. The van der Waals surface area contributed by atoms with Gasteiger partial charge in [-0.05, 0) is 12.8 Å². The van der Waals surface area contributed by atoms with Gasteiger partial charge in [0.05, 0.1) is 13.1 Å². The highest BCUT2D eigenvalue weighted by Gasteiger charge is 1.93. The Labute approximate surface area is 98.7 Å². The minimum absolute atomic E-state index is 0.487. The Balaban J connectivity index is 2.87. The zero-order valence-corrected chi connectivity index (χ0v) is 10.3. The van der Waals surface area contributed by atoms with Gasteiger partial charge < -0.3 is 0 Å². The molecule has 0 aliphatic carbocycles. The summed E-state index contributed by atoms with van der Waals surface area (Å²) < 4.78 is 0. The Morgan fingerprint density at radius 2 is 1.00 bits per heavy atom. The molecule has 0 radical (unpaired) electrons. The maximum absolute atomic E-state index is 9.82. The van der Waals surface area contributed by atoms with Gasteiger partial charge in [-0.3, -0.25) is 0 Å². The van der Waals surface area contributed by atoms with E-state index in [1.165, 1.54) is 44.9 Å². The van der Waals surface area contributed by atoms with E-state index >= 15 is 0 Å². The molecule has 0 aliphatic rings. The highest BCUT2D eigenvalue weighted by molar-refractivity contribution is 4.49. The summed E-state index contributed by atoms with van der Waals surface area (Å²) >= 11 is 0. The number of nitroso groups, excluding NO2 is 1. The summed E-state index contributed by atoms with van der Waals surface area (Å²) in [6, 6.07) is 0.